The lowest BCUT2D eigenvalue weighted by Crippen LogP contribution is -2.42. The summed E-state index contributed by atoms with van der Waals surface area (Å²) in [6.07, 6.45) is 0.547. The molecule has 25 heavy (non-hydrogen) atoms. The lowest BCUT2D eigenvalue weighted by Gasteiger charge is -2.12. The summed E-state index contributed by atoms with van der Waals surface area (Å²) in [6.45, 7) is 0.00690. The second kappa shape index (κ2) is 7.58. The number of carbonyl (C=O) groups is 1. The SMILES string of the molecule is COc1cccc(C2CC(C(=O)NCc3ccc(F)cc3F)NN2)c1. The van der Waals surface area contributed by atoms with E-state index < -0.39 is 17.7 Å². The average molecular weight is 347 g/mol. The summed E-state index contributed by atoms with van der Waals surface area (Å²) < 4.78 is 31.7. The van der Waals surface area contributed by atoms with Gasteiger partial charge in [0.15, 0.2) is 0 Å². The molecule has 2 aromatic carbocycles. The van der Waals surface area contributed by atoms with Gasteiger partial charge < -0.3 is 10.1 Å². The Morgan fingerprint density at radius 3 is 2.84 bits per heavy atom. The number of methoxy groups -OCH3 is 1. The van der Waals surface area contributed by atoms with Crippen molar-refractivity contribution in [2.75, 3.05) is 7.11 Å². The van der Waals surface area contributed by atoms with Gasteiger partial charge in [-0.2, -0.15) is 0 Å². The minimum absolute atomic E-state index is 0.00690. The third-order valence-corrected chi connectivity index (χ3v) is 4.18. The highest BCUT2D eigenvalue weighted by molar-refractivity contribution is 5.82. The fourth-order valence-electron chi connectivity index (χ4n) is 2.78. The molecule has 0 bridgehead atoms. The molecular weight excluding hydrogens is 328 g/mol. The van der Waals surface area contributed by atoms with Gasteiger partial charge in [0, 0.05) is 24.2 Å². The maximum atomic E-state index is 13.6. The van der Waals surface area contributed by atoms with Crippen LogP contribution < -0.4 is 20.9 Å². The molecule has 2 atom stereocenters. The van der Waals surface area contributed by atoms with Crippen molar-refractivity contribution in [3.63, 3.8) is 0 Å². The van der Waals surface area contributed by atoms with Gasteiger partial charge in [-0.15, -0.1) is 0 Å². The topological polar surface area (TPSA) is 62.4 Å². The maximum absolute atomic E-state index is 13.6. The number of hydrogen-bond acceptors (Lipinski definition) is 4. The summed E-state index contributed by atoms with van der Waals surface area (Å²) in [5.41, 5.74) is 7.28. The second-order valence-corrected chi connectivity index (χ2v) is 5.86. The van der Waals surface area contributed by atoms with Crippen LogP contribution in [0.3, 0.4) is 0 Å². The van der Waals surface area contributed by atoms with Crippen molar-refractivity contribution >= 4 is 5.91 Å². The molecule has 2 aromatic rings. The van der Waals surface area contributed by atoms with Crippen LogP contribution in [0.5, 0.6) is 5.75 Å². The van der Waals surface area contributed by atoms with Gasteiger partial charge in [0.25, 0.3) is 0 Å². The molecule has 2 unspecified atom stereocenters. The molecule has 0 aliphatic carbocycles. The van der Waals surface area contributed by atoms with E-state index in [-0.39, 0.29) is 24.1 Å². The molecule has 1 heterocycles. The summed E-state index contributed by atoms with van der Waals surface area (Å²) in [4.78, 5) is 12.3. The first kappa shape index (κ1) is 17.3. The van der Waals surface area contributed by atoms with Gasteiger partial charge in [-0.05, 0) is 30.2 Å². The van der Waals surface area contributed by atoms with Gasteiger partial charge >= 0.3 is 0 Å². The molecule has 3 rings (SSSR count). The van der Waals surface area contributed by atoms with Crippen LogP contribution in [-0.4, -0.2) is 19.1 Å². The van der Waals surface area contributed by atoms with Crippen molar-refractivity contribution in [3.05, 3.63) is 65.2 Å². The number of carbonyl (C=O) groups excluding carboxylic acids is 1. The number of rotatable bonds is 5. The quantitative estimate of drug-likeness (QED) is 0.776. The number of ether oxygens (including phenoxy) is 1. The Bertz CT molecular complexity index is 770. The van der Waals surface area contributed by atoms with E-state index in [1.54, 1.807) is 7.11 Å². The van der Waals surface area contributed by atoms with Gasteiger partial charge in [0.1, 0.15) is 23.4 Å². The number of hydrogen-bond donors (Lipinski definition) is 3. The van der Waals surface area contributed by atoms with Crippen molar-refractivity contribution < 1.29 is 18.3 Å². The van der Waals surface area contributed by atoms with Crippen LogP contribution in [0, 0.1) is 11.6 Å². The van der Waals surface area contributed by atoms with Gasteiger partial charge in [-0.1, -0.05) is 18.2 Å². The Morgan fingerprint density at radius 1 is 1.24 bits per heavy atom. The molecule has 1 aliphatic heterocycles. The monoisotopic (exact) mass is 347 g/mol. The Kier molecular flexibility index (Phi) is 5.25. The van der Waals surface area contributed by atoms with E-state index in [0.717, 1.165) is 17.4 Å². The zero-order valence-electron chi connectivity index (χ0n) is 13.7. The van der Waals surface area contributed by atoms with Crippen LogP contribution in [-0.2, 0) is 11.3 Å². The number of benzene rings is 2. The minimum Gasteiger partial charge on any atom is -0.497 e. The Morgan fingerprint density at radius 2 is 2.08 bits per heavy atom. The third-order valence-electron chi connectivity index (χ3n) is 4.18. The largest absolute Gasteiger partial charge is 0.497 e. The summed E-state index contributed by atoms with van der Waals surface area (Å²) in [6, 6.07) is 10.4. The van der Waals surface area contributed by atoms with Gasteiger partial charge in [-0.3, -0.25) is 4.79 Å². The third kappa shape index (κ3) is 4.12. The molecule has 0 radical (unpaired) electrons. The van der Waals surface area contributed by atoms with E-state index in [0.29, 0.717) is 6.42 Å². The van der Waals surface area contributed by atoms with Crippen LogP contribution in [0.25, 0.3) is 0 Å². The van der Waals surface area contributed by atoms with E-state index in [1.165, 1.54) is 12.1 Å². The predicted molar refractivity (Wildman–Crippen MR) is 88.6 cm³/mol. The molecule has 1 aliphatic rings. The zero-order valence-corrected chi connectivity index (χ0v) is 13.7. The molecule has 0 spiro atoms. The van der Waals surface area contributed by atoms with E-state index in [2.05, 4.69) is 16.2 Å². The molecule has 1 fully saturated rings. The Labute approximate surface area is 144 Å². The molecular formula is C18H19F2N3O2. The second-order valence-electron chi connectivity index (χ2n) is 5.86. The van der Waals surface area contributed by atoms with Crippen LogP contribution >= 0.6 is 0 Å². The molecule has 0 aromatic heterocycles. The smallest absolute Gasteiger partial charge is 0.238 e. The lowest BCUT2D eigenvalue weighted by molar-refractivity contribution is -0.123. The Balaban J connectivity index is 1.57. The molecule has 5 nitrogen and oxygen atoms in total. The molecule has 3 N–H and O–H groups in total. The number of halogens is 2. The summed E-state index contributed by atoms with van der Waals surface area (Å²) >= 11 is 0. The molecule has 132 valence electrons. The zero-order chi connectivity index (χ0) is 17.8. The highest BCUT2D eigenvalue weighted by Crippen LogP contribution is 2.25. The van der Waals surface area contributed by atoms with E-state index >= 15 is 0 Å². The first-order chi connectivity index (χ1) is 12.1. The van der Waals surface area contributed by atoms with Crippen LogP contribution in [0.1, 0.15) is 23.6 Å². The predicted octanol–water partition coefficient (Wildman–Crippen LogP) is 2.20. The van der Waals surface area contributed by atoms with Gasteiger partial charge in [-0.25, -0.2) is 19.6 Å². The average Bonchev–Trinajstić information content (AvgIpc) is 3.11. The van der Waals surface area contributed by atoms with Crippen LogP contribution in [0.2, 0.25) is 0 Å². The molecule has 1 amide bonds. The Hall–Kier alpha value is -2.51. The highest BCUT2D eigenvalue weighted by atomic mass is 19.1. The minimum atomic E-state index is -0.674. The van der Waals surface area contributed by atoms with Crippen molar-refractivity contribution in [2.45, 2.75) is 25.0 Å². The molecule has 7 heteroatoms. The van der Waals surface area contributed by atoms with Crippen molar-refractivity contribution in [2.24, 2.45) is 0 Å². The normalized spacial score (nSPS) is 19.6. The van der Waals surface area contributed by atoms with E-state index in [4.69, 9.17) is 4.74 Å². The van der Waals surface area contributed by atoms with Crippen molar-refractivity contribution in [1.29, 1.82) is 0 Å². The van der Waals surface area contributed by atoms with Gasteiger partial charge in [0.2, 0.25) is 5.91 Å². The number of nitrogens with one attached hydrogen (secondary N) is 3. The van der Waals surface area contributed by atoms with Crippen molar-refractivity contribution in [3.8, 4) is 5.75 Å². The van der Waals surface area contributed by atoms with E-state index in [9.17, 15) is 13.6 Å². The summed E-state index contributed by atoms with van der Waals surface area (Å²) in [7, 11) is 1.60. The first-order valence-electron chi connectivity index (χ1n) is 7.93. The summed E-state index contributed by atoms with van der Waals surface area (Å²) in [5.74, 6) is -0.817. The van der Waals surface area contributed by atoms with Crippen molar-refractivity contribution in [1.82, 2.24) is 16.2 Å². The standard InChI is InChI=1S/C18H19F2N3O2/c1-25-14-4-2-3-11(7-14)16-9-17(23-22-16)18(24)21-10-12-5-6-13(19)8-15(12)20/h2-8,16-17,22-23H,9-10H2,1H3,(H,21,24). The molecule has 1 saturated heterocycles. The maximum Gasteiger partial charge on any atom is 0.238 e. The first-order valence-corrected chi connectivity index (χ1v) is 7.93. The van der Waals surface area contributed by atoms with E-state index in [1.807, 2.05) is 24.3 Å². The highest BCUT2D eigenvalue weighted by Gasteiger charge is 2.30. The fraction of sp³-hybridized carbons (Fsp3) is 0.278. The summed E-state index contributed by atoms with van der Waals surface area (Å²) in [5, 5.41) is 2.67. The van der Waals surface area contributed by atoms with Crippen LogP contribution in [0.4, 0.5) is 8.78 Å². The van der Waals surface area contributed by atoms with Crippen LogP contribution in [0.15, 0.2) is 42.5 Å². The number of hydrazine groups is 1. The molecule has 0 saturated carbocycles. The number of amides is 1. The fourth-order valence-corrected chi connectivity index (χ4v) is 2.78. The lowest BCUT2D eigenvalue weighted by atomic mass is 10.0. The van der Waals surface area contributed by atoms with Gasteiger partial charge in [0.05, 0.1) is 7.11 Å².